The topological polar surface area (TPSA) is 64.7 Å². The highest BCUT2D eigenvalue weighted by atomic mass is 32.2. The molecular weight excluding hydrogens is 220 g/mol. The Labute approximate surface area is 97.7 Å². The number of fused-ring (bicyclic) bond motifs is 2. The fourth-order valence-electron chi connectivity index (χ4n) is 1.84. The molecule has 0 unspecified atom stereocenters. The maximum absolute atomic E-state index is 5.49. The van der Waals surface area contributed by atoms with Crippen LogP contribution in [0, 0.1) is 0 Å². The molecule has 0 aliphatic carbocycles. The normalized spacial score (nSPS) is 14.3. The van der Waals surface area contributed by atoms with Gasteiger partial charge in [-0.25, -0.2) is 15.0 Å². The van der Waals surface area contributed by atoms with Crippen LogP contribution >= 0.6 is 11.8 Å². The number of nitrogens with zero attached hydrogens (tertiary/aromatic N) is 3. The molecule has 4 nitrogen and oxygen atoms in total. The highest BCUT2D eigenvalue weighted by Gasteiger charge is 2.14. The molecule has 82 valence electrons. The minimum absolute atomic E-state index is 0.576. The third-order valence-electron chi connectivity index (χ3n) is 2.65. The fourth-order valence-corrected chi connectivity index (χ4v) is 2.85. The van der Waals surface area contributed by atoms with E-state index in [1.165, 1.54) is 11.3 Å². The zero-order valence-electron chi connectivity index (χ0n) is 8.81. The van der Waals surface area contributed by atoms with Crippen LogP contribution in [0.15, 0.2) is 12.3 Å². The van der Waals surface area contributed by atoms with Gasteiger partial charge in [0.1, 0.15) is 5.82 Å². The molecule has 2 aromatic rings. The second kappa shape index (κ2) is 3.99. The second-order valence-corrected chi connectivity index (χ2v) is 4.81. The van der Waals surface area contributed by atoms with Crippen molar-refractivity contribution >= 4 is 22.8 Å². The Morgan fingerprint density at radius 1 is 1.31 bits per heavy atom. The van der Waals surface area contributed by atoms with Gasteiger partial charge in [-0.1, -0.05) is 0 Å². The number of nitrogens with two attached hydrogens (primary N) is 1. The number of aromatic nitrogens is 3. The predicted octanol–water partition coefficient (Wildman–Crippen LogP) is 1.27. The van der Waals surface area contributed by atoms with Crippen molar-refractivity contribution in [3.05, 3.63) is 29.3 Å². The van der Waals surface area contributed by atoms with E-state index in [-0.39, 0.29) is 0 Å². The van der Waals surface area contributed by atoms with Gasteiger partial charge in [0, 0.05) is 29.5 Å². The molecule has 3 rings (SSSR count). The maximum atomic E-state index is 5.49. The van der Waals surface area contributed by atoms with E-state index in [2.05, 4.69) is 21.0 Å². The van der Waals surface area contributed by atoms with Crippen LogP contribution in [0.5, 0.6) is 0 Å². The second-order valence-electron chi connectivity index (χ2n) is 3.82. The first-order valence-electron chi connectivity index (χ1n) is 5.29. The van der Waals surface area contributed by atoms with Gasteiger partial charge in [-0.15, -0.1) is 0 Å². The van der Waals surface area contributed by atoms with Gasteiger partial charge >= 0.3 is 0 Å². The Morgan fingerprint density at radius 2 is 2.25 bits per heavy atom. The van der Waals surface area contributed by atoms with Gasteiger partial charge in [-0.3, -0.25) is 0 Å². The van der Waals surface area contributed by atoms with Crippen molar-refractivity contribution in [3.63, 3.8) is 0 Å². The third kappa shape index (κ3) is 1.66. The SMILES string of the molecule is NCCc1ncc2cc3c(nc2n1)CSC3. The number of hydrogen-bond acceptors (Lipinski definition) is 5. The Hall–Kier alpha value is -1.20. The van der Waals surface area contributed by atoms with Crippen molar-refractivity contribution in [3.8, 4) is 0 Å². The summed E-state index contributed by atoms with van der Waals surface area (Å²) in [6.45, 7) is 0.576. The van der Waals surface area contributed by atoms with Gasteiger partial charge < -0.3 is 5.73 Å². The molecule has 5 heteroatoms. The van der Waals surface area contributed by atoms with E-state index >= 15 is 0 Å². The van der Waals surface area contributed by atoms with Crippen LogP contribution in [0.2, 0.25) is 0 Å². The Morgan fingerprint density at radius 3 is 3.12 bits per heavy atom. The number of thioether (sulfide) groups is 1. The van der Waals surface area contributed by atoms with Crippen LogP contribution in [0.4, 0.5) is 0 Å². The van der Waals surface area contributed by atoms with Crippen molar-refractivity contribution in [2.24, 2.45) is 5.73 Å². The standard InChI is InChI=1S/C11H12N4S/c12-2-1-10-13-4-7-3-8-5-16-6-9(8)14-11(7)15-10/h3-4H,1-2,5-6,12H2. The molecule has 0 saturated carbocycles. The number of rotatable bonds is 2. The monoisotopic (exact) mass is 232 g/mol. The largest absolute Gasteiger partial charge is 0.330 e. The van der Waals surface area contributed by atoms with E-state index in [9.17, 15) is 0 Å². The molecule has 0 fully saturated rings. The molecule has 0 radical (unpaired) electrons. The lowest BCUT2D eigenvalue weighted by Gasteiger charge is -2.02. The lowest BCUT2D eigenvalue weighted by Crippen LogP contribution is -2.07. The lowest BCUT2D eigenvalue weighted by atomic mass is 10.2. The van der Waals surface area contributed by atoms with E-state index in [0.29, 0.717) is 13.0 Å². The summed E-state index contributed by atoms with van der Waals surface area (Å²) in [5.74, 6) is 2.85. The molecule has 1 aliphatic rings. The first-order chi connectivity index (χ1) is 7.86. The highest BCUT2D eigenvalue weighted by molar-refractivity contribution is 7.98. The maximum Gasteiger partial charge on any atom is 0.163 e. The molecule has 0 aromatic carbocycles. The molecule has 0 bridgehead atoms. The number of hydrogen-bond donors (Lipinski definition) is 1. The fraction of sp³-hybridized carbons (Fsp3) is 0.364. The average molecular weight is 232 g/mol. The summed E-state index contributed by atoms with van der Waals surface area (Å²) in [7, 11) is 0. The van der Waals surface area contributed by atoms with E-state index in [4.69, 9.17) is 5.73 Å². The summed E-state index contributed by atoms with van der Waals surface area (Å²) in [6, 6.07) is 2.16. The molecule has 0 saturated heterocycles. The van der Waals surface area contributed by atoms with Crippen molar-refractivity contribution in [1.82, 2.24) is 15.0 Å². The minimum Gasteiger partial charge on any atom is -0.330 e. The van der Waals surface area contributed by atoms with Crippen LogP contribution in [-0.2, 0) is 17.9 Å². The van der Waals surface area contributed by atoms with Gasteiger partial charge in [0.2, 0.25) is 0 Å². The van der Waals surface area contributed by atoms with Crippen LogP contribution in [0.1, 0.15) is 17.1 Å². The molecule has 2 aromatic heterocycles. The van der Waals surface area contributed by atoms with Gasteiger partial charge in [0.25, 0.3) is 0 Å². The van der Waals surface area contributed by atoms with Crippen molar-refractivity contribution in [1.29, 1.82) is 0 Å². The molecule has 0 atom stereocenters. The zero-order chi connectivity index (χ0) is 11.0. The van der Waals surface area contributed by atoms with E-state index in [1.54, 1.807) is 0 Å². The van der Waals surface area contributed by atoms with Gasteiger partial charge in [-0.05, 0) is 18.2 Å². The molecule has 0 spiro atoms. The molecule has 3 heterocycles. The van der Waals surface area contributed by atoms with Crippen LogP contribution in [0.3, 0.4) is 0 Å². The van der Waals surface area contributed by atoms with Gasteiger partial charge in [0.05, 0.1) is 5.69 Å². The van der Waals surface area contributed by atoms with Crippen LogP contribution in [-0.4, -0.2) is 21.5 Å². The molecule has 0 amide bonds. The summed E-state index contributed by atoms with van der Waals surface area (Å²) in [6.07, 6.45) is 2.56. The van der Waals surface area contributed by atoms with Crippen LogP contribution in [0.25, 0.3) is 11.0 Å². The summed E-state index contributed by atoms with van der Waals surface area (Å²) < 4.78 is 0. The third-order valence-corrected chi connectivity index (χ3v) is 3.64. The Kier molecular flexibility index (Phi) is 2.49. The van der Waals surface area contributed by atoms with Crippen LogP contribution < -0.4 is 5.73 Å². The Balaban J connectivity index is 2.13. The molecule has 2 N–H and O–H groups in total. The summed E-state index contributed by atoms with van der Waals surface area (Å²) in [5.41, 5.74) is 8.80. The zero-order valence-corrected chi connectivity index (χ0v) is 9.63. The highest BCUT2D eigenvalue weighted by Crippen LogP contribution is 2.29. The quantitative estimate of drug-likeness (QED) is 0.844. The molecular formula is C11H12N4S. The van der Waals surface area contributed by atoms with E-state index in [0.717, 1.165) is 28.4 Å². The average Bonchev–Trinajstić information content (AvgIpc) is 2.73. The molecule has 1 aliphatic heterocycles. The number of pyridine rings is 1. The first-order valence-corrected chi connectivity index (χ1v) is 6.44. The van der Waals surface area contributed by atoms with Crippen molar-refractivity contribution in [2.45, 2.75) is 17.9 Å². The van der Waals surface area contributed by atoms with Crippen molar-refractivity contribution < 1.29 is 0 Å². The lowest BCUT2D eigenvalue weighted by molar-refractivity contribution is 0.874. The minimum atomic E-state index is 0.576. The van der Waals surface area contributed by atoms with E-state index in [1.807, 2.05) is 18.0 Å². The Bertz CT molecular complexity index is 541. The first kappa shape index (κ1) is 9.99. The summed E-state index contributed by atoms with van der Waals surface area (Å²) in [5, 5.41) is 1.03. The summed E-state index contributed by atoms with van der Waals surface area (Å²) in [4.78, 5) is 13.3. The predicted molar refractivity (Wildman–Crippen MR) is 65.1 cm³/mol. The van der Waals surface area contributed by atoms with Gasteiger partial charge in [-0.2, -0.15) is 11.8 Å². The van der Waals surface area contributed by atoms with Gasteiger partial charge in [0.15, 0.2) is 5.65 Å². The van der Waals surface area contributed by atoms with Crippen molar-refractivity contribution in [2.75, 3.05) is 6.54 Å². The molecule has 16 heavy (non-hydrogen) atoms. The summed E-state index contributed by atoms with van der Waals surface area (Å²) >= 11 is 1.90. The van der Waals surface area contributed by atoms with E-state index < -0.39 is 0 Å². The smallest absolute Gasteiger partial charge is 0.163 e.